The zero-order valence-corrected chi connectivity index (χ0v) is 13.6. The molecule has 22 heavy (non-hydrogen) atoms. The summed E-state index contributed by atoms with van der Waals surface area (Å²) in [6.07, 6.45) is 3.55. The smallest absolute Gasteiger partial charge is 0.236 e. The number of thiazole rings is 1. The number of benzene rings is 1. The Morgan fingerprint density at radius 2 is 2.27 bits per heavy atom. The standard InChI is InChI=1S/C16H15N3OS2/c17-6-7-21-10-15(20)19-16-18-14(9-22-16)13-5-4-11-2-1-3-12(11)8-13/h4-5,8-9H,1-3,7,10H2,(H,18,19,20). The Morgan fingerprint density at radius 3 is 3.14 bits per heavy atom. The Balaban J connectivity index is 1.66. The minimum Gasteiger partial charge on any atom is -0.301 e. The summed E-state index contributed by atoms with van der Waals surface area (Å²) in [5.74, 6) is 0.489. The summed E-state index contributed by atoms with van der Waals surface area (Å²) < 4.78 is 0. The third-order valence-electron chi connectivity index (χ3n) is 3.54. The number of nitriles is 1. The maximum atomic E-state index is 11.7. The van der Waals surface area contributed by atoms with Crippen LogP contribution in [0.25, 0.3) is 11.3 Å². The lowest BCUT2D eigenvalue weighted by Gasteiger charge is -2.02. The molecule has 0 saturated heterocycles. The normalized spacial score (nSPS) is 12.7. The summed E-state index contributed by atoms with van der Waals surface area (Å²) in [5.41, 5.74) is 4.88. The maximum absolute atomic E-state index is 11.7. The van der Waals surface area contributed by atoms with Gasteiger partial charge in [-0.15, -0.1) is 23.1 Å². The fourth-order valence-corrected chi connectivity index (χ4v) is 3.73. The zero-order valence-electron chi connectivity index (χ0n) is 12.0. The Hall–Kier alpha value is -1.84. The van der Waals surface area contributed by atoms with E-state index in [4.69, 9.17) is 5.26 Å². The van der Waals surface area contributed by atoms with Gasteiger partial charge in [0.2, 0.25) is 5.91 Å². The molecule has 4 nitrogen and oxygen atoms in total. The van der Waals surface area contributed by atoms with E-state index in [9.17, 15) is 4.79 Å². The quantitative estimate of drug-likeness (QED) is 0.853. The molecule has 1 aliphatic carbocycles. The van der Waals surface area contributed by atoms with E-state index in [1.165, 1.54) is 47.1 Å². The van der Waals surface area contributed by atoms with Crippen molar-refractivity contribution in [3.63, 3.8) is 0 Å². The number of aryl methyl sites for hydroxylation is 2. The van der Waals surface area contributed by atoms with Crippen molar-refractivity contribution in [2.75, 3.05) is 16.8 Å². The number of thioether (sulfide) groups is 1. The van der Waals surface area contributed by atoms with Crippen molar-refractivity contribution in [3.05, 3.63) is 34.7 Å². The molecule has 0 atom stereocenters. The highest BCUT2D eigenvalue weighted by Crippen LogP contribution is 2.30. The van der Waals surface area contributed by atoms with Crippen molar-refractivity contribution in [3.8, 4) is 17.3 Å². The van der Waals surface area contributed by atoms with Crippen molar-refractivity contribution in [2.45, 2.75) is 19.3 Å². The lowest BCUT2D eigenvalue weighted by atomic mass is 10.1. The number of nitrogens with zero attached hydrogens (tertiary/aromatic N) is 2. The minimum atomic E-state index is -0.116. The van der Waals surface area contributed by atoms with Gasteiger partial charge in [0.1, 0.15) is 0 Å². The fourth-order valence-electron chi connectivity index (χ4n) is 2.54. The second kappa shape index (κ2) is 6.95. The van der Waals surface area contributed by atoms with Crippen molar-refractivity contribution in [2.24, 2.45) is 0 Å². The molecule has 1 heterocycles. The topological polar surface area (TPSA) is 65.8 Å². The Bertz CT molecular complexity index is 733. The van der Waals surface area contributed by atoms with Crippen LogP contribution >= 0.6 is 23.1 Å². The molecule has 1 aliphatic rings. The number of carbonyl (C=O) groups is 1. The summed E-state index contributed by atoms with van der Waals surface area (Å²) >= 11 is 2.73. The number of rotatable bonds is 5. The number of nitrogens with one attached hydrogen (secondary N) is 1. The van der Waals surface area contributed by atoms with Crippen LogP contribution in [0, 0.1) is 11.3 Å². The van der Waals surface area contributed by atoms with Gasteiger partial charge in [0, 0.05) is 10.9 Å². The molecule has 3 rings (SSSR count). The largest absolute Gasteiger partial charge is 0.301 e. The van der Waals surface area contributed by atoms with Crippen LogP contribution in [0.2, 0.25) is 0 Å². The van der Waals surface area contributed by atoms with Crippen LogP contribution < -0.4 is 5.32 Å². The molecule has 1 N–H and O–H groups in total. The molecule has 112 valence electrons. The van der Waals surface area contributed by atoms with E-state index in [2.05, 4.69) is 28.5 Å². The van der Waals surface area contributed by atoms with Gasteiger partial charge in [0.15, 0.2) is 5.13 Å². The number of aromatic nitrogens is 1. The lowest BCUT2D eigenvalue weighted by molar-refractivity contribution is -0.113. The summed E-state index contributed by atoms with van der Waals surface area (Å²) in [6, 6.07) is 8.51. The summed E-state index contributed by atoms with van der Waals surface area (Å²) in [7, 11) is 0. The van der Waals surface area contributed by atoms with Crippen molar-refractivity contribution in [1.82, 2.24) is 4.98 Å². The number of anilines is 1. The van der Waals surface area contributed by atoms with Gasteiger partial charge < -0.3 is 5.32 Å². The molecule has 2 aromatic rings. The molecule has 6 heteroatoms. The van der Waals surface area contributed by atoms with Gasteiger partial charge in [-0.25, -0.2) is 4.98 Å². The van der Waals surface area contributed by atoms with Gasteiger partial charge in [-0.3, -0.25) is 4.79 Å². The molecular weight excluding hydrogens is 314 g/mol. The van der Waals surface area contributed by atoms with E-state index in [0.717, 1.165) is 17.7 Å². The number of fused-ring (bicyclic) bond motifs is 1. The molecule has 0 aliphatic heterocycles. The first-order valence-corrected chi connectivity index (χ1v) is 9.12. The Labute approximate surface area is 137 Å². The second-order valence-corrected chi connectivity index (χ2v) is 6.92. The molecule has 1 aromatic carbocycles. The van der Waals surface area contributed by atoms with E-state index >= 15 is 0 Å². The highest BCUT2D eigenvalue weighted by Gasteiger charge is 2.13. The predicted molar refractivity (Wildman–Crippen MR) is 91.1 cm³/mol. The molecule has 0 saturated carbocycles. The number of hydrogen-bond acceptors (Lipinski definition) is 5. The molecule has 0 spiro atoms. The molecule has 0 bridgehead atoms. The fraction of sp³-hybridized carbons (Fsp3) is 0.312. The van der Waals surface area contributed by atoms with Crippen molar-refractivity contribution >= 4 is 34.1 Å². The zero-order chi connectivity index (χ0) is 15.4. The highest BCUT2D eigenvalue weighted by molar-refractivity contribution is 8.00. The average Bonchev–Trinajstić information content (AvgIpc) is 3.15. The predicted octanol–water partition coefficient (Wildman–Crippen LogP) is 3.49. The number of amides is 1. The second-order valence-electron chi connectivity index (χ2n) is 5.07. The van der Waals surface area contributed by atoms with Gasteiger partial charge in [0.25, 0.3) is 0 Å². The maximum Gasteiger partial charge on any atom is 0.236 e. The number of carbonyl (C=O) groups excluding carboxylic acids is 1. The van der Waals surface area contributed by atoms with Crippen molar-refractivity contribution < 1.29 is 4.79 Å². The van der Waals surface area contributed by atoms with E-state index in [1.54, 1.807) is 0 Å². The monoisotopic (exact) mass is 329 g/mol. The third kappa shape index (κ3) is 3.49. The van der Waals surface area contributed by atoms with E-state index < -0.39 is 0 Å². The number of hydrogen-bond donors (Lipinski definition) is 1. The van der Waals surface area contributed by atoms with Crippen molar-refractivity contribution in [1.29, 1.82) is 5.26 Å². The highest BCUT2D eigenvalue weighted by atomic mass is 32.2. The van der Waals surface area contributed by atoms with Crippen LogP contribution in [0.15, 0.2) is 23.6 Å². The molecule has 0 unspecified atom stereocenters. The first kappa shape index (κ1) is 15.1. The third-order valence-corrected chi connectivity index (χ3v) is 5.10. The molecule has 0 radical (unpaired) electrons. The van der Waals surface area contributed by atoms with Gasteiger partial charge >= 0.3 is 0 Å². The molecular formula is C16H15N3OS2. The SMILES string of the molecule is N#CCSCC(=O)Nc1nc(-c2ccc3c(c2)CCC3)cs1. The summed E-state index contributed by atoms with van der Waals surface area (Å²) in [5, 5.41) is 13.8. The van der Waals surface area contributed by atoms with Crippen LogP contribution in [-0.4, -0.2) is 22.4 Å². The van der Waals surface area contributed by atoms with Gasteiger partial charge in [0.05, 0.1) is 23.3 Å². The first-order chi connectivity index (χ1) is 10.8. The van der Waals surface area contributed by atoms with Crippen LogP contribution in [-0.2, 0) is 17.6 Å². The van der Waals surface area contributed by atoms with E-state index in [-0.39, 0.29) is 11.7 Å². The van der Waals surface area contributed by atoms with Crippen LogP contribution in [0.5, 0.6) is 0 Å². The van der Waals surface area contributed by atoms with Crippen LogP contribution in [0.4, 0.5) is 5.13 Å². The summed E-state index contributed by atoms with van der Waals surface area (Å²) in [6.45, 7) is 0. The van der Waals surface area contributed by atoms with Gasteiger partial charge in [-0.05, 0) is 36.5 Å². The molecule has 0 fully saturated rings. The molecule has 1 amide bonds. The Kier molecular flexibility index (Phi) is 4.76. The average molecular weight is 329 g/mol. The molecule has 1 aromatic heterocycles. The van der Waals surface area contributed by atoms with Gasteiger partial charge in [-0.1, -0.05) is 12.1 Å². The first-order valence-electron chi connectivity index (χ1n) is 7.08. The van der Waals surface area contributed by atoms with Crippen LogP contribution in [0.3, 0.4) is 0 Å². The van der Waals surface area contributed by atoms with E-state index in [1.807, 2.05) is 11.4 Å². The Morgan fingerprint density at radius 1 is 1.41 bits per heavy atom. The summed E-state index contributed by atoms with van der Waals surface area (Å²) in [4.78, 5) is 16.2. The van der Waals surface area contributed by atoms with E-state index in [0.29, 0.717) is 10.9 Å². The van der Waals surface area contributed by atoms with Gasteiger partial charge in [-0.2, -0.15) is 5.26 Å². The minimum absolute atomic E-state index is 0.116. The lowest BCUT2D eigenvalue weighted by Crippen LogP contribution is -2.14. The van der Waals surface area contributed by atoms with Crippen LogP contribution in [0.1, 0.15) is 17.5 Å².